The average molecular weight is 366 g/mol. The number of hydrogen-bond acceptors (Lipinski definition) is 5. The summed E-state index contributed by atoms with van der Waals surface area (Å²) in [6.45, 7) is 0.0192. The molecule has 1 aliphatic rings. The largest absolute Gasteiger partial charge is 0.419 e. The van der Waals surface area contributed by atoms with Gasteiger partial charge in [-0.25, -0.2) is 0 Å². The van der Waals surface area contributed by atoms with Crippen molar-refractivity contribution >= 4 is 41.1 Å². The van der Waals surface area contributed by atoms with E-state index in [0.717, 1.165) is 5.56 Å². The Morgan fingerprint density at radius 1 is 1.04 bits per heavy atom. The second kappa shape index (κ2) is 6.57. The van der Waals surface area contributed by atoms with Crippen LogP contribution in [-0.2, 0) is 11.3 Å². The van der Waals surface area contributed by atoms with Gasteiger partial charge in [-0.3, -0.25) is 14.5 Å². The number of hydrogen-bond donors (Lipinski definition) is 0. The third kappa shape index (κ3) is 3.02. The monoisotopic (exact) mass is 365 g/mol. The Bertz CT molecular complexity index is 1030. The highest BCUT2D eigenvalue weighted by Crippen LogP contribution is 2.32. The van der Waals surface area contributed by atoms with E-state index in [-0.39, 0.29) is 18.0 Å². The molecule has 0 spiro atoms. The third-order valence-corrected chi connectivity index (χ3v) is 4.16. The van der Waals surface area contributed by atoms with E-state index in [0.29, 0.717) is 16.6 Å². The molecule has 4 rings (SSSR count). The van der Waals surface area contributed by atoms with Crippen LogP contribution >= 0.6 is 11.6 Å². The van der Waals surface area contributed by atoms with Crippen LogP contribution in [0.1, 0.15) is 27.7 Å². The number of ketones is 1. The van der Waals surface area contributed by atoms with Gasteiger partial charge in [0, 0.05) is 11.1 Å². The molecular formula is C19H12ClN3O3. The van der Waals surface area contributed by atoms with Gasteiger partial charge < -0.3 is 4.42 Å². The van der Waals surface area contributed by atoms with Crippen molar-refractivity contribution < 1.29 is 14.0 Å². The number of anilines is 1. The Morgan fingerprint density at radius 3 is 2.65 bits per heavy atom. The van der Waals surface area contributed by atoms with Crippen molar-refractivity contribution in [2.45, 2.75) is 6.54 Å². The van der Waals surface area contributed by atoms with Crippen LogP contribution in [0.5, 0.6) is 0 Å². The minimum Gasteiger partial charge on any atom is -0.419 e. The van der Waals surface area contributed by atoms with Crippen molar-refractivity contribution in [2.24, 2.45) is 0 Å². The quantitative estimate of drug-likeness (QED) is 0.660. The molecule has 1 aromatic heterocycles. The summed E-state index contributed by atoms with van der Waals surface area (Å²) in [6, 6.07) is 14.4. The van der Waals surface area contributed by atoms with Crippen molar-refractivity contribution in [1.82, 2.24) is 10.2 Å². The number of fused-ring (bicyclic) bond motifs is 1. The molecule has 128 valence electrons. The Labute approximate surface area is 153 Å². The van der Waals surface area contributed by atoms with Gasteiger partial charge in [-0.05, 0) is 29.8 Å². The van der Waals surface area contributed by atoms with Gasteiger partial charge in [0.2, 0.25) is 11.8 Å². The van der Waals surface area contributed by atoms with Crippen LogP contribution in [0.2, 0.25) is 5.02 Å². The molecule has 2 heterocycles. The fraction of sp³-hybridized carbons (Fsp3) is 0.0526. The molecule has 0 atom stereocenters. The van der Waals surface area contributed by atoms with Gasteiger partial charge in [-0.15, -0.1) is 10.2 Å². The predicted molar refractivity (Wildman–Crippen MR) is 96.6 cm³/mol. The summed E-state index contributed by atoms with van der Waals surface area (Å²) < 4.78 is 5.55. The zero-order valence-corrected chi connectivity index (χ0v) is 14.2. The average Bonchev–Trinajstić information content (AvgIpc) is 3.20. The van der Waals surface area contributed by atoms with Crippen LogP contribution in [0.15, 0.2) is 52.9 Å². The summed E-state index contributed by atoms with van der Waals surface area (Å²) >= 11 is 5.90. The number of Topliss-reactive ketones (excluding diaryl/α,β-unsaturated/α-hetero) is 1. The number of carbonyl (C=O) groups excluding carboxylic acids is 2. The lowest BCUT2D eigenvalue weighted by molar-refractivity contribution is -0.114. The topological polar surface area (TPSA) is 76.3 Å². The van der Waals surface area contributed by atoms with E-state index in [1.807, 2.05) is 36.4 Å². The Kier molecular flexibility index (Phi) is 4.10. The molecule has 1 aliphatic heterocycles. The van der Waals surface area contributed by atoms with Crippen molar-refractivity contribution in [3.63, 3.8) is 0 Å². The lowest BCUT2D eigenvalue weighted by Gasteiger charge is -2.13. The van der Waals surface area contributed by atoms with Crippen molar-refractivity contribution in [1.29, 1.82) is 0 Å². The number of carbonyl (C=O) groups is 2. The standard InChI is InChI=1S/C19H12ClN3O3/c20-13-7-8-15-14(10-13)18(24)19(25)23(15)11-17-22-21-16(26-17)9-6-12-4-2-1-3-5-12/h1-10H,11H2/b9-6+. The molecular weight excluding hydrogens is 354 g/mol. The maximum Gasteiger partial charge on any atom is 0.299 e. The summed E-state index contributed by atoms with van der Waals surface area (Å²) in [4.78, 5) is 25.6. The van der Waals surface area contributed by atoms with E-state index in [2.05, 4.69) is 10.2 Å². The molecule has 0 bridgehead atoms. The molecule has 26 heavy (non-hydrogen) atoms. The van der Waals surface area contributed by atoms with Gasteiger partial charge in [-0.1, -0.05) is 41.9 Å². The molecule has 1 amide bonds. The minimum absolute atomic E-state index is 0.0192. The number of halogens is 1. The van der Waals surface area contributed by atoms with Gasteiger partial charge in [-0.2, -0.15) is 0 Å². The number of amides is 1. The Balaban J connectivity index is 1.54. The minimum atomic E-state index is -0.637. The molecule has 0 radical (unpaired) electrons. The SMILES string of the molecule is O=C1C(=O)N(Cc2nnc(/C=C/c3ccccc3)o2)c2ccc(Cl)cc21. The van der Waals surface area contributed by atoms with Crippen LogP contribution in [0, 0.1) is 0 Å². The van der Waals surface area contributed by atoms with E-state index < -0.39 is 11.7 Å². The van der Waals surface area contributed by atoms with E-state index in [9.17, 15) is 9.59 Å². The van der Waals surface area contributed by atoms with Crippen LogP contribution in [-0.4, -0.2) is 21.9 Å². The lowest BCUT2D eigenvalue weighted by atomic mass is 10.1. The highest BCUT2D eigenvalue weighted by molar-refractivity contribution is 6.52. The zero-order valence-electron chi connectivity index (χ0n) is 13.4. The zero-order chi connectivity index (χ0) is 18.1. The van der Waals surface area contributed by atoms with E-state index in [1.54, 1.807) is 18.2 Å². The first-order valence-electron chi connectivity index (χ1n) is 7.83. The Morgan fingerprint density at radius 2 is 1.85 bits per heavy atom. The fourth-order valence-corrected chi connectivity index (χ4v) is 2.87. The number of nitrogens with zero attached hydrogens (tertiary/aromatic N) is 3. The number of aromatic nitrogens is 2. The van der Waals surface area contributed by atoms with Gasteiger partial charge in [0.1, 0.15) is 6.54 Å². The first kappa shape index (κ1) is 16.2. The molecule has 0 N–H and O–H groups in total. The maximum atomic E-state index is 12.2. The predicted octanol–water partition coefficient (Wildman–Crippen LogP) is 3.62. The summed E-state index contributed by atoms with van der Waals surface area (Å²) in [7, 11) is 0. The first-order chi connectivity index (χ1) is 12.6. The summed E-state index contributed by atoms with van der Waals surface area (Å²) in [5, 5.41) is 8.28. The van der Waals surface area contributed by atoms with Gasteiger partial charge in [0.15, 0.2) is 0 Å². The van der Waals surface area contributed by atoms with E-state index >= 15 is 0 Å². The van der Waals surface area contributed by atoms with Crippen LogP contribution in [0.4, 0.5) is 5.69 Å². The van der Waals surface area contributed by atoms with Gasteiger partial charge in [0.25, 0.3) is 11.7 Å². The second-order valence-corrected chi connectivity index (χ2v) is 6.10. The normalized spacial score (nSPS) is 13.7. The van der Waals surface area contributed by atoms with Crippen molar-refractivity contribution in [3.8, 4) is 0 Å². The highest BCUT2D eigenvalue weighted by Gasteiger charge is 2.36. The fourth-order valence-electron chi connectivity index (χ4n) is 2.69. The molecule has 0 fully saturated rings. The second-order valence-electron chi connectivity index (χ2n) is 5.66. The van der Waals surface area contributed by atoms with Crippen molar-refractivity contribution in [2.75, 3.05) is 4.90 Å². The molecule has 7 heteroatoms. The first-order valence-corrected chi connectivity index (χ1v) is 8.21. The summed E-state index contributed by atoms with van der Waals surface area (Å²) in [5.74, 6) is -0.673. The molecule has 0 saturated heterocycles. The lowest BCUT2D eigenvalue weighted by Crippen LogP contribution is -2.29. The molecule has 3 aromatic rings. The van der Waals surface area contributed by atoms with Crippen LogP contribution in [0.3, 0.4) is 0 Å². The Hall–Kier alpha value is -3.25. The van der Waals surface area contributed by atoms with E-state index in [4.69, 9.17) is 16.0 Å². The summed E-state index contributed by atoms with van der Waals surface area (Å²) in [5.41, 5.74) is 1.77. The molecule has 2 aromatic carbocycles. The highest BCUT2D eigenvalue weighted by atomic mass is 35.5. The molecule has 0 unspecified atom stereocenters. The molecule has 6 nitrogen and oxygen atoms in total. The van der Waals surface area contributed by atoms with E-state index in [1.165, 1.54) is 11.0 Å². The van der Waals surface area contributed by atoms with Crippen molar-refractivity contribution in [3.05, 3.63) is 76.5 Å². The van der Waals surface area contributed by atoms with Crippen LogP contribution < -0.4 is 4.90 Å². The maximum absolute atomic E-state index is 12.2. The summed E-state index contributed by atoms with van der Waals surface area (Å²) in [6.07, 6.45) is 3.54. The molecule has 0 saturated carbocycles. The third-order valence-electron chi connectivity index (χ3n) is 3.93. The number of rotatable bonds is 4. The number of benzene rings is 2. The smallest absolute Gasteiger partial charge is 0.299 e. The van der Waals surface area contributed by atoms with Gasteiger partial charge >= 0.3 is 0 Å². The van der Waals surface area contributed by atoms with Crippen LogP contribution in [0.25, 0.3) is 12.2 Å². The van der Waals surface area contributed by atoms with Gasteiger partial charge in [0.05, 0.1) is 11.3 Å². The molecule has 0 aliphatic carbocycles.